The van der Waals surface area contributed by atoms with Gasteiger partial charge in [-0.2, -0.15) is 0 Å². The lowest BCUT2D eigenvalue weighted by atomic mass is 9.76. The second-order valence-corrected chi connectivity index (χ2v) is 11.9. The quantitative estimate of drug-likeness (QED) is 0.425. The molecular formula is C30H31N7O4. The second-order valence-electron chi connectivity index (χ2n) is 11.9. The van der Waals surface area contributed by atoms with Gasteiger partial charge in [0.1, 0.15) is 5.54 Å². The maximum absolute atomic E-state index is 12.7. The Hall–Kier alpha value is -4.67. The number of nitrogens with one attached hydrogen (secondary N) is 3. The molecule has 4 aliphatic rings. The predicted molar refractivity (Wildman–Crippen MR) is 153 cm³/mol. The van der Waals surface area contributed by atoms with E-state index in [9.17, 15) is 19.2 Å². The third-order valence-electron chi connectivity index (χ3n) is 9.14. The summed E-state index contributed by atoms with van der Waals surface area (Å²) in [5.74, 6) is -0.309. The van der Waals surface area contributed by atoms with Crippen LogP contribution in [0.15, 0.2) is 42.5 Å². The number of carbonyl (C=O) groups excluding carboxylic acids is 4. The number of amides is 6. The van der Waals surface area contributed by atoms with Gasteiger partial charge in [-0.15, -0.1) is 0 Å². The summed E-state index contributed by atoms with van der Waals surface area (Å²) in [4.78, 5) is 60.3. The first-order valence-electron chi connectivity index (χ1n) is 13.7. The van der Waals surface area contributed by atoms with Crippen LogP contribution in [0.4, 0.5) is 21.0 Å². The van der Waals surface area contributed by atoms with Crippen LogP contribution in [0.25, 0.3) is 10.9 Å². The first-order chi connectivity index (χ1) is 19.6. The van der Waals surface area contributed by atoms with E-state index >= 15 is 0 Å². The normalized spacial score (nSPS) is 24.0. The fraction of sp³-hybridized carbons (Fsp3) is 0.367. The lowest BCUT2D eigenvalue weighted by Gasteiger charge is -2.35. The molecule has 6 amide bonds. The number of hydrogen-bond acceptors (Lipinski definition) is 6. The van der Waals surface area contributed by atoms with Crippen molar-refractivity contribution in [3.63, 3.8) is 0 Å². The van der Waals surface area contributed by atoms with Crippen molar-refractivity contribution in [2.45, 2.75) is 36.8 Å². The molecule has 2 unspecified atom stereocenters. The summed E-state index contributed by atoms with van der Waals surface area (Å²) in [6, 6.07) is 13.5. The largest absolute Gasteiger partial charge is 0.364 e. The van der Waals surface area contributed by atoms with E-state index in [1.807, 2.05) is 30.3 Å². The maximum atomic E-state index is 12.7. The SMILES string of the molecule is CN(C)C(=O)NCC12CC(=O)Nc3cccc(c31)N(Cc1ccc3cc4c(cc3n1)CC1(C4)C(=O)NC(=O)N1C)C2. The first kappa shape index (κ1) is 25.3. The molecule has 3 N–H and O–H groups in total. The number of pyridine rings is 1. The molecule has 2 atom stereocenters. The molecule has 0 radical (unpaired) electrons. The molecule has 11 heteroatoms. The maximum Gasteiger partial charge on any atom is 0.324 e. The summed E-state index contributed by atoms with van der Waals surface area (Å²) in [5, 5.41) is 9.46. The molecule has 7 rings (SSSR count). The Bertz CT molecular complexity index is 1690. The standard InChI is InChI=1S/C30H31N7O4/c1-35(2)27(40)31-15-29-13-24(38)33-21-5-4-6-23(25(21)29)37(16-29)14-20-8-7-17-9-18-11-30(12-19(18)10-22(17)32-20)26(39)34-28(41)36(30)3/h4-10H,11-16H2,1-3H3,(H,31,40)(H,33,38)(H,34,39,41). The van der Waals surface area contributed by atoms with E-state index in [2.05, 4.69) is 33.0 Å². The third kappa shape index (κ3) is 3.75. The average Bonchev–Trinajstić information content (AvgIpc) is 3.53. The molecule has 2 aromatic carbocycles. The van der Waals surface area contributed by atoms with Crippen LogP contribution in [0.5, 0.6) is 0 Å². The van der Waals surface area contributed by atoms with Gasteiger partial charge in [0.15, 0.2) is 0 Å². The van der Waals surface area contributed by atoms with Crippen LogP contribution in [0.1, 0.15) is 28.8 Å². The van der Waals surface area contributed by atoms with Crippen LogP contribution in [0.2, 0.25) is 0 Å². The number of imide groups is 1. The number of likely N-dealkylation sites (N-methyl/N-ethyl adjacent to an activating group) is 1. The van der Waals surface area contributed by atoms with E-state index in [4.69, 9.17) is 4.98 Å². The minimum atomic E-state index is -0.875. The summed E-state index contributed by atoms with van der Waals surface area (Å²) in [5.41, 5.74) is 5.25. The molecular weight excluding hydrogens is 522 g/mol. The lowest BCUT2D eigenvalue weighted by Crippen LogP contribution is -2.50. The first-order valence-corrected chi connectivity index (χ1v) is 13.7. The van der Waals surface area contributed by atoms with Gasteiger partial charge in [0, 0.05) is 81.2 Å². The smallest absolute Gasteiger partial charge is 0.324 e. The van der Waals surface area contributed by atoms with E-state index in [0.717, 1.165) is 44.7 Å². The summed E-state index contributed by atoms with van der Waals surface area (Å²) in [6.07, 6.45) is 1.23. The van der Waals surface area contributed by atoms with Gasteiger partial charge in [0.25, 0.3) is 5.91 Å². The lowest BCUT2D eigenvalue weighted by molar-refractivity contribution is -0.125. The van der Waals surface area contributed by atoms with E-state index in [1.54, 1.807) is 21.1 Å². The number of nitrogens with zero attached hydrogens (tertiary/aromatic N) is 4. The molecule has 1 aromatic heterocycles. The highest BCUT2D eigenvalue weighted by molar-refractivity contribution is 6.08. The molecule has 1 aliphatic carbocycles. The Kier molecular flexibility index (Phi) is 5.35. The van der Waals surface area contributed by atoms with Gasteiger partial charge in [-0.25, -0.2) is 9.59 Å². The minimum absolute atomic E-state index is 0.0608. The highest BCUT2D eigenvalue weighted by atomic mass is 16.2. The Morgan fingerprint density at radius 3 is 2.56 bits per heavy atom. The van der Waals surface area contributed by atoms with Crippen LogP contribution >= 0.6 is 0 Å². The number of aromatic nitrogens is 1. The molecule has 1 saturated heterocycles. The fourth-order valence-corrected chi connectivity index (χ4v) is 7.04. The Morgan fingerprint density at radius 2 is 1.83 bits per heavy atom. The van der Waals surface area contributed by atoms with Crippen LogP contribution < -0.4 is 20.9 Å². The molecule has 0 saturated carbocycles. The molecule has 1 fully saturated rings. The van der Waals surface area contributed by atoms with Gasteiger partial charge in [0.05, 0.1) is 17.8 Å². The van der Waals surface area contributed by atoms with Crippen molar-refractivity contribution in [1.82, 2.24) is 25.4 Å². The summed E-state index contributed by atoms with van der Waals surface area (Å²) >= 11 is 0. The topological polar surface area (TPSA) is 127 Å². The molecule has 210 valence electrons. The van der Waals surface area contributed by atoms with E-state index in [0.29, 0.717) is 32.5 Å². The summed E-state index contributed by atoms with van der Waals surface area (Å²) < 4.78 is 0. The summed E-state index contributed by atoms with van der Waals surface area (Å²) in [7, 11) is 5.07. The zero-order chi connectivity index (χ0) is 28.7. The van der Waals surface area contributed by atoms with Crippen LogP contribution in [-0.2, 0) is 34.4 Å². The van der Waals surface area contributed by atoms with Crippen molar-refractivity contribution in [2.75, 3.05) is 44.4 Å². The van der Waals surface area contributed by atoms with Crippen molar-refractivity contribution in [1.29, 1.82) is 0 Å². The van der Waals surface area contributed by atoms with Crippen molar-refractivity contribution in [2.24, 2.45) is 0 Å². The van der Waals surface area contributed by atoms with Crippen LogP contribution in [0.3, 0.4) is 0 Å². The molecule has 4 heterocycles. The Morgan fingerprint density at radius 1 is 1.05 bits per heavy atom. The minimum Gasteiger partial charge on any atom is -0.364 e. The van der Waals surface area contributed by atoms with E-state index < -0.39 is 11.0 Å². The number of hydrogen-bond donors (Lipinski definition) is 3. The number of urea groups is 2. The number of rotatable bonds is 4. The van der Waals surface area contributed by atoms with Crippen molar-refractivity contribution in [3.8, 4) is 0 Å². The fourth-order valence-electron chi connectivity index (χ4n) is 7.04. The molecule has 0 bridgehead atoms. The van der Waals surface area contributed by atoms with Gasteiger partial charge in [-0.3, -0.25) is 19.9 Å². The van der Waals surface area contributed by atoms with Gasteiger partial charge in [-0.1, -0.05) is 12.1 Å². The monoisotopic (exact) mass is 553 g/mol. The van der Waals surface area contributed by atoms with Crippen LogP contribution in [0, 0.1) is 0 Å². The van der Waals surface area contributed by atoms with Crippen LogP contribution in [-0.4, -0.2) is 78.4 Å². The third-order valence-corrected chi connectivity index (χ3v) is 9.14. The van der Waals surface area contributed by atoms with Gasteiger partial charge >= 0.3 is 12.1 Å². The second kappa shape index (κ2) is 8.66. The number of benzene rings is 2. The molecule has 41 heavy (non-hydrogen) atoms. The number of carbonyl (C=O) groups is 4. The molecule has 1 spiro atoms. The van der Waals surface area contributed by atoms with Gasteiger partial charge in [-0.05, 0) is 41.5 Å². The summed E-state index contributed by atoms with van der Waals surface area (Å²) in [6.45, 7) is 1.45. The van der Waals surface area contributed by atoms with Crippen molar-refractivity contribution < 1.29 is 19.2 Å². The molecule has 3 aliphatic heterocycles. The highest BCUT2D eigenvalue weighted by Gasteiger charge is 2.54. The van der Waals surface area contributed by atoms with E-state index in [-0.39, 0.29) is 30.3 Å². The molecule has 11 nitrogen and oxygen atoms in total. The highest BCUT2D eigenvalue weighted by Crippen LogP contribution is 2.49. The van der Waals surface area contributed by atoms with Crippen molar-refractivity contribution in [3.05, 3.63) is 64.8 Å². The number of anilines is 2. The molecule has 3 aromatic rings. The number of fused-ring (bicyclic) bond motifs is 2. The van der Waals surface area contributed by atoms with Gasteiger partial charge < -0.3 is 25.3 Å². The Balaban J connectivity index is 1.19. The predicted octanol–water partition coefficient (Wildman–Crippen LogP) is 2.13. The zero-order valence-corrected chi connectivity index (χ0v) is 23.2. The zero-order valence-electron chi connectivity index (χ0n) is 23.2. The van der Waals surface area contributed by atoms with Crippen molar-refractivity contribution >= 4 is 46.2 Å². The average molecular weight is 554 g/mol. The van der Waals surface area contributed by atoms with Gasteiger partial charge in [0.2, 0.25) is 5.91 Å². The van der Waals surface area contributed by atoms with E-state index in [1.165, 1.54) is 9.80 Å². The Labute approximate surface area is 236 Å².